The van der Waals surface area contributed by atoms with Crippen LogP contribution in [-0.4, -0.2) is 26.8 Å². The van der Waals surface area contributed by atoms with Crippen LogP contribution < -0.4 is 0 Å². The van der Waals surface area contributed by atoms with E-state index in [1.165, 1.54) is 6.07 Å². The molecule has 0 amide bonds. The van der Waals surface area contributed by atoms with Crippen LogP contribution in [0.25, 0.3) is 22.0 Å². The summed E-state index contributed by atoms with van der Waals surface area (Å²) in [5.74, 6) is -1.21. The Labute approximate surface area is 180 Å². The van der Waals surface area contributed by atoms with E-state index >= 15 is 0 Å². The van der Waals surface area contributed by atoms with Crippen molar-refractivity contribution in [3.8, 4) is 11.1 Å². The summed E-state index contributed by atoms with van der Waals surface area (Å²) in [6.45, 7) is 11.3. The molecule has 1 atom stereocenters. The molecule has 5 nitrogen and oxygen atoms in total. The molecule has 2 aromatic carbocycles. The fourth-order valence-electron chi connectivity index (χ4n) is 3.45. The zero-order valence-electron chi connectivity index (χ0n) is 17.4. The molecule has 0 radical (unpaired) electrons. The van der Waals surface area contributed by atoms with Crippen molar-refractivity contribution in [2.45, 2.75) is 39.4 Å². The predicted octanol–water partition coefficient (Wildman–Crippen LogP) is 6.49. The lowest BCUT2D eigenvalue weighted by atomic mass is 9.88. The molecule has 30 heavy (non-hydrogen) atoms. The van der Waals surface area contributed by atoms with Gasteiger partial charge in [0.15, 0.2) is 0 Å². The molecule has 0 fully saturated rings. The Kier molecular flexibility index (Phi) is 5.88. The lowest BCUT2D eigenvalue weighted by molar-refractivity contribution is -0.0595. The lowest BCUT2D eigenvalue weighted by Crippen LogP contribution is -2.24. The Morgan fingerprint density at radius 1 is 1.13 bits per heavy atom. The van der Waals surface area contributed by atoms with E-state index in [1.807, 2.05) is 39.8 Å². The van der Waals surface area contributed by atoms with Crippen molar-refractivity contribution in [1.82, 2.24) is 4.98 Å². The molecular formula is C24H24ClNO4. The number of carboxylic acids is 1. The highest BCUT2D eigenvalue weighted by Gasteiger charge is 2.28. The third-order valence-corrected chi connectivity index (χ3v) is 4.88. The van der Waals surface area contributed by atoms with Crippen LogP contribution in [0.1, 0.15) is 48.5 Å². The Bertz CT molecular complexity index is 1130. The van der Waals surface area contributed by atoms with Gasteiger partial charge in [-0.2, -0.15) is 0 Å². The van der Waals surface area contributed by atoms with Crippen LogP contribution in [0.15, 0.2) is 54.8 Å². The number of carbonyl (C=O) groups is 1. The van der Waals surface area contributed by atoms with Gasteiger partial charge in [0.05, 0.1) is 11.1 Å². The largest absolute Gasteiger partial charge is 0.510 e. The molecule has 3 aromatic rings. The van der Waals surface area contributed by atoms with Crippen LogP contribution in [0.3, 0.4) is 0 Å². The van der Waals surface area contributed by atoms with Gasteiger partial charge in [-0.25, -0.2) is 9.78 Å². The summed E-state index contributed by atoms with van der Waals surface area (Å²) in [7, 11) is 0. The molecule has 6 heteroatoms. The minimum Gasteiger partial charge on any atom is -0.510 e. The Hall–Kier alpha value is -2.89. The van der Waals surface area contributed by atoms with Gasteiger partial charge >= 0.3 is 5.97 Å². The lowest BCUT2D eigenvalue weighted by Gasteiger charge is -2.30. The number of aryl methyl sites for hydroxylation is 1. The molecular weight excluding hydrogens is 402 g/mol. The molecule has 0 aliphatic carbocycles. The number of nitrogens with zero attached hydrogens (tertiary/aromatic N) is 1. The van der Waals surface area contributed by atoms with Crippen LogP contribution in [0.2, 0.25) is 5.02 Å². The first kappa shape index (κ1) is 21.8. The van der Waals surface area contributed by atoms with Crippen molar-refractivity contribution in [3.05, 3.63) is 76.6 Å². The monoisotopic (exact) mass is 425 g/mol. The minimum absolute atomic E-state index is 0.0363. The number of fused-ring (bicyclic) bond motifs is 1. The quantitative estimate of drug-likeness (QED) is 0.456. The fourth-order valence-corrected chi connectivity index (χ4v) is 3.58. The smallest absolute Gasteiger partial charge is 0.354 e. The Morgan fingerprint density at radius 3 is 2.30 bits per heavy atom. The number of benzene rings is 2. The maximum atomic E-state index is 11.4. The summed E-state index contributed by atoms with van der Waals surface area (Å²) in [6, 6.07) is 12.3. The zero-order chi connectivity index (χ0) is 22.2. The highest BCUT2D eigenvalue weighted by Crippen LogP contribution is 2.42. The number of aromatic nitrogens is 1. The van der Waals surface area contributed by atoms with Crippen LogP contribution in [0.4, 0.5) is 0 Å². The number of hydrogen-bond acceptors (Lipinski definition) is 4. The van der Waals surface area contributed by atoms with Crippen molar-refractivity contribution < 1.29 is 19.7 Å². The minimum atomic E-state index is -1.09. The second kappa shape index (κ2) is 8.09. The summed E-state index contributed by atoms with van der Waals surface area (Å²) in [5, 5.41) is 21.1. The summed E-state index contributed by atoms with van der Waals surface area (Å²) in [4.78, 5) is 15.7. The van der Waals surface area contributed by atoms with Crippen molar-refractivity contribution >= 4 is 28.5 Å². The van der Waals surface area contributed by atoms with E-state index in [-0.39, 0.29) is 11.5 Å². The number of aliphatic hydroxyl groups excluding tert-OH is 1. The number of aromatic carboxylic acids is 1. The molecule has 1 heterocycles. The van der Waals surface area contributed by atoms with E-state index in [4.69, 9.17) is 16.3 Å². The van der Waals surface area contributed by atoms with Crippen molar-refractivity contribution in [3.63, 3.8) is 0 Å². The molecule has 2 N–H and O–H groups in total. The molecule has 3 rings (SSSR count). The first-order chi connectivity index (χ1) is 14.0. The average molecular weight is 426 g/mol. The van der Waals surface area contributed by atoms with Gasteiger partial charge < -0.3 is 14.9 Å². The van der Waals surface area contributed by atoms with Gasteiger partial charge in [-0.05, 0) is 80.3 Å². The molecule has 0 saturated heterocycles. The molecule has 0 bridgehead atoms. The number of ether oxygens (including phenoxy) is 1. The van der Waals surface area contributed by atoms with Crippen molar-refractivity contribution in [2.24, 2.45) is 0 Å². The van der Waals surface area contributed by atoms with Crippen LogP contribution in [-0.2, 0) is 4.74 Å². The van der Waals surface area contributed by atoms with Gasteiger partial charge in [0, 0.05) is 10.4 Å². The SMILES string of the molecule is C=C(O)[C@@H](OC(C)(C)C)c1c(C)cc2nc(C(=O)O)ccc2c1-c1ccc(Cl)cc1. The summed E-state index contributed by atoms with van der Waals surface area (Å²) >= 11 is 6.09. The van der Waals surface area contributed by atoms with Crippen LogP contribution >= 0.6 is 11.6 Å². The predicted molar refractivity (Wildman–Crippen MR) is 119 cm³/mol. The third kappa shape index (κ3) is 4.48. The highest BCUT2D eigenvalue weighted by molar-refractivity contribution is 6.30. The van der Waals surface area contributed by atoms with Gasteiger partial charge in [0.2, 0.25) is 0 Å². The van der Waals surface area contributed by atoms with Gasteiger partial charge in [-0.1, -0.05) is 30.3 Å². The van der Waals surface area contributed by atoms with E-state index in [1.54, 1.807) is 24.3 Å². The van der Waals surface area contributed by atoms with E-state index in [9.17, 15) is 15.0 Å². The summed E-state index contributed by atoms with van der Waals surface area (Å²) in [6.07, 6.45) is -0.778. The van der Waals surface area contributed by atoms with Crippen LogP contribution in [0.5, 0.6) is 0 Å². The molecule has 1 aromatic heterocycles. The van der Waals surface area contributed by atoms with Crippen molar-refractivity contribution in [2.75, 3.05) is 0 Å². The number of aliphatic hydroxyl groups is 1. The van der Waals surface area contributed by atoms with Crippen molar-refractivity contribution in [1.29, 1.82) is 0 Å². The number of halogens is 1. The van der Waals surface area contributed by atoms with Crippen LogP contribution in [0, 0.1) is 6.92 Å². The number of rotatable bonds is 5. The maximum absolute atomic E-state index is 11.4. The van der Waals surface area contributed by atoms with E-state index in [2.05, 4.69) is 11.6 Å². The molecule has 0 unspecified atom stereocenters. The zero-order valence-corrected chi connectivity index (χ0v) is 18.1. The normalized spacial score (nSPS) is 12.7. The fraction of sp³-hybridized carbons (Fsp3) is 0.250. The summed E-state index contributed by atoms with van der Waals surface area (Å²) in [5.41, 5.74) is 3.14. The average Bonchev–Trinajstić information content (AvgIpc) is 2.64. The van der Waals surface area contributed by atoms with Gasteiger partial charge in [-0.3, -0.25) is 0 Å². The number of carboxylic acid groups (broad SMARTS) is 1. The Morgan fingerprint density at radius 2 is 1.77 bits per heavy atom. The standard InChI is InChI=1S/C24H24ClNO4/c1-13-12-19-17(10-11-18(26-19)23(28)29)21(15-6-8-16(25)9-7-15)20(13)22(14(2)27)30-24(3,4)5/h6-12,22,27H,2H2,1,3-5H3,(H,28,29)/t22-/m1/s1. The highest BCUT2D eigenvalue weighted by atomic mass is 35.5. The topological polar surface area (TPSA) is 79.7 Å². The molecule has 0 saturated carbocycles. The Balaban J connectivity index is 2.40. The molecule has 0 spiro atoms. The molecule has 0 aliphatic heterocycles. The number of hydrogen-bond donors (Lipinski definition) is 2. The van der Waals surface area contributed by atoms with Gasteiger partial charge in [0.1, 0.15) is 17.6 Å². The number of pyridine rings is 1. The van der Waals surface area contributed by atoms with E-state index in [0.717, 1.165) is 27.6 Å². The first-order valence-electron chi connectivity index (χ1n) is 9.47. The third-order valence-electron chi connectivity index (χ3n) is 4.63. The summed E-state index contributed by atoms with van der Waals surface area (Å²) < 4.78 is 6.17. The first-order valence-corrected chi connectivity index (χ1v) is 9.85. The van der Waals surface area contributed by atoms with Gasteiger partial charge in [0.25, 0.3) is 0 Å². The van der Waals surface area contributed by atoms with E-state index in [0.29, 0.717) is 10.5 Å². The van der Waals surface area contributed by atoms with E-state index < -0.39 is 17.7 Å². The molecule has 0 aliphatic rings. The second-order valence-electron chi connectivity index (χ2n) is 8.16. The van der Waals surface area contributed by atoms with Gasteiger partial charge in [-0.15, -0.1) is 0 Å². The molecule has 156 valence electrons. The maximum Gasteiger partial charge on any atom is 0.354 e. The second-order valence-corrected chi connectivity index (χ2v) is 8.60.